The first-order valence-corrected chi connectivity index (χ1v) is 5.21. The molecule has 0 saturated carbocycles. The molecule has 0 spiro atoms. The van der Waals surface area contributed by atoms with E-state index in [4.69, 9.17) is 5.73 Å². The molecule has 78 valence electrons. The molecular weight excluding hydrogens is 200 g/mol. The zero-order valence-corrected chi connectivity index (χ0v) is 9.19. The van der Waals surface area contributed by atoms with E-state index in [1.165, 1.54) is 18.4 Å². The molecule has 0 amide bonds. The van der Waals surface area contributed by atoms with Crippen molar-refractivity contribution in [2.75, 3.05) is 13.7 Å². The number of hydrogen-bond acceptors (Lipinski definition) is 5. The number of esters is 1. The predicted molar refractivity (Wildman–Crippen MR) is 55.3 cm³/mol. The lowest BCUT2D eigenvalue weighted by Gasteiger charge is -1.95. The lowest BCUT2D eigenvalue weighted by Crippen LogP contribution is -2.03. The molecule has 0 radical (unpaired) electrons. The molecule has 1 heterocycles. The van der Waals surface area contributed by atoms with E-state index in [-0.39, 0.29) is 5.97 Å². The van der Waals surface area contributed by atoms with Gasteiger partial charge in [-0.3, -0.25) is 4.79 Å². The summed E-state index contributed by atoms with van der Waals surface area (Å²) < 4.78 is 4.59. The van der Waals surface area contributed by atoms with Gasteiger partial charge in [0.2, 0.25) is 0 Å². The fourth-order valence-corrected chi connectivity index (χ4v) is 2.16. The van der Waals surface area contributed by atoms with Crippen LogP contribution in [0.4, 0.5) is 0 Å². The van der Waals surface area contributed by atoms with Crippen LogP contribution < -0.4 is 5.73 Å². The topological polar surface area (TPSA) is 65.2 Å². The highest BCUT2D eigenvalue weighted by Crippen LogP contribution is 2.19. The second-order valence-corrected chi connectivity index (χ2v) is 4.08. The molecule has 1 rings (SSSR count). The van der Waals surface area contributed by atoms with E-state index in [1.54, 1.807) is 0 Å². The van der Waals surface area contributed by atoms with Gasteiger partial charge in [0.15, 0.2) is 0 Å². The molecular formula is C9H14N2O2S. The third-order valence-electron chi connectivity index (χ3n) is 1.83. The SMILES string of the molecule is COC(=O)Cc1sc(CCN)nc1C. The number of thiazole rings is 1. The first-order valence-electron chi connectivity index (χ1n) is 4.39. The van der Waals surface area contributed by atoms with Crippen molar-refractivity contribution in [3.8, 4) is 0 Å². The Morgan fingerprint density at radius 2 is 2.36 bits per heavy atom. The van der Waals surface area contributed by atoms with Crippen LogP contribution >= 0.6 is 11.3 Å². The van der Waals surface area contributed by atoms with Crippen LogP contribution in [-0.2, 0) is 22.4 Å². The van der Waals surface area contributed by atoms with Crippen LogP contribution in [0.25, 0.3) is 0 Å². The monoisotopic (exact) mass is 214 g/mol. The third kappa shape index (κ3) is 2.78. The Balaban J connectivity index is 2.71. The summed E-state index contributed by atoms with van der Waals surface area (Å²) in [6.07, 6.45) is 1.08. The summed E-state index contributed by atoms with van der Waals surface area (Å²) in [4.78, 5) is 16.3. The van der Waals surface area contributed by atoms with Gasteiger partial charge < -0.3 is 10.5 Å². The van der Waals surface area contributed by atoms with E-state index in [0.717, 1.165) is 22.0 Å². The van der Waals surface area contributed by atoms with Gasteiger partial charge in [-0.1, -0.05) is 0 Å². The maximum atomic E-state index is 11.0. The first kappa shape index (κ1) is 11.1. The number of nitrogens with zero attached hydrogens (tertiary/aromatic N) is 1. The third-order valence-corrected chi connectivity index (χ3v) is 3.04. The fraction of sp³-hybridized carbons (Fsp3) is 0.556. The molecule has 1 aromatic rings. The van der Waals surface area contributed by atoms with Crippen LogP contribution in [0.15, 0.2) is 0 Å². The Hall–Kier alpha value is -0.940. The van der Waals surface area contributed by atoms with Crippen LogP contribution in [0, 0.1) is 6.92 Å². The Morgan fingerprint density at radius 1 is 1.64 bits per heavy atom. The molecule has 0 aromatic carbocycles. The molecule has 2 N–H and O–H groups in total. The van der Waals surface area contributed by atoms with Gasteiger partial charge in [-0.05, 0) is 13.5 Å². The number of ether oxygens (including phenoxy) is 1. The molecule has 5 heteroatoms. The summed E-state index contributed by atoms with van der Waals surface area (Å²) >= 11 is 1.54. The number of rotatable bonds is 4. The van der Waals surface area contributed by atoms with Crippen LogP contribution in [0.1, 0.15) is 15.6 Å². The smallest absolute Gasteiger partial charge is 0.310 e. The number of methoxy groups -OCH3 is 1. The Morgan fingerprint density at radius 3 is 2.93 bits per heavy atom. The van der Waals surface area contributed by atoms with Crippen LogP contribution in [0.3, 0.4) is 0 Å². The van der Waals surface area contributed by atoms with Crippen LogP contribution in [-0.4, -0.2) is 24.6 Å². The summed E-state index contributed by atoms with van der Waals surface area (Å²) in [6.45, 7) is 2.49. The van der Waals surface area contributed by atoms with Crippen molar-refractivity contribution in [3.63, 3.8) is 0 Å². The molecule has 0 aliphatic rings. The Kier molecular flexibility index (Phi) is 4.03. The van der Waals surface area contributed by atoms with Crippen molar-refractivity contribution in [1.29, 1.82) is 0 Å². The van der Waals surface area contributed by atoms with Crippen LogP contribution in [0.2, 0.25) is 0 Å². The largest absolute Gasteiger partial charge is 0.469 e. The van der Waals surface area contributed by atoms with E-state index < -0.39 is 0 Å². The maximum Gasteiger partial charge on any atom is 0.310 e. The van der Waals surface area contributed by atoms with Gasteiger partial charge in [-0.2, -0.15) is 0 Å². The van der Waals surface area contributed by atoms with Gasteiger partial charge in [0.1, 0.15) is 0 Å². The van der Waals surface area contributed by atoms with Gasteiger partial charge >= 0.3 is 5.97 Å². The molecule has 0 aliphatic carbocycles. The Labute approximate surface area is 87.1 Å². The summed E-state index contributed by atoms with van der Waals surface area (Å²) in [5.41, 5.74) is 6.33. The van der Waals surface area contributed by atoms with Crippen molar-refractivity contribution in [2.45, 2.75) is 19.8 Å². The summed E-state index contributed by atoms with van der Waals surface area (Å²) in [5.74, 6) is -0.226. The fourth-order valence-electron chi connectivity index (χ4n) is 1.09. The minimum Gasteiger partial charge on any atom is -0.469 e. The standard InChI is InChI=1S/C9H14N2O2S/c1-6-7(5-9(12)13-2)14-8(11-6)3-4-10/h3-5,10H2,1-2H3. The normalized spacial score (nSPS) is 10.2. The number of nitrogens with two attached hydrogens (primary N) is 1. The van der Waals surface area contributed by atoms with E-state index in [9.17, 15) is 4.79 Å². The van der Waals surface area contributed by atoms with Gasteiger partial charge in [0, 0.05) is 11.3 Å². The lowest BCUT2D eigenvalue weighted by atomic mass is 10.3. The highest BCUT2D eigenvalue weighted by Gasteiger charge is 2.11. The van der Waals surface area contributed by atoms with Gasteiger partial charge in [0.05, 0.1) is 24.2 Å². The summed E-state index contributed by atoms with van der Waals surface area (Å²) in [5, 5.41) is 0.990. The first-order chi connectivity index (χ1) is 6.67. The number of carbonyl (C=O) groups excluding carboxylic acids is 1. The van der Waals surface area contributed by atoms with Gasteiger partial charge in [-0.15, -0.1) is 11.3 Å². The average Bonchev–Trinajstić information content (AvgIpc) is 2.47. The van der Waals surface area contributed by atoms with Gasteiger partial charge in [0.25, 0.3) is 0 Å². The summed E-state index contributed by atoms with van der Waals surface area (Å²) in [6, 6.07) is 0. The lowest BCUT2D eigenvalue weighted by molar-refractivity contribution is -0.139. The molecule has 14 heavy (non-hydrogen) atoms. The molecule has 1 aromatic heterocycles. The zero-order valence-electron chi connectivity index (χ0n) is 8.37. The van der Waals surface area contributed by atoms with Crippen molar-refractivity contribution in [1.82, 2.24) is 4.98 Å². The molecule has 0 saturated heterocycles. The zero-order chi connectivity index (χ0) is 10.6. The van der Waals surface area contributed by atoms with Gasteiger partial charge in [-0.25, -0.2) is 4.98 Å². The van der Waals surface area contributed by atoms with E-state index in [1.807, 2.05) is 6.92 Å². The van der Waals surface area contributed by atoms with Crippen molar-refractivity contribution in [2.24, 2.45) is 5.73 Å². The number of carbonyl (C=O) groups is 1. The second-order valence-electron chi connectivity index (χ2n) is 2.91. The molecule has 4 nitrogen and oxygen atoms in total. The van der Waals surface area contributed by atoms with Crippen LogP contribution in [0.5, 0.6) is 0 Å². The summed E-state index contributed by atoms with van der Waals surface area (Å²) in [7, 11) is 1.39. The predicted octanol–water partition coefficient (Wildman–Crippen LogP) is 0.668. The number of aryl methyl sites for hydroxylation is 1. The molecule has 0 atom stereocenters. The van der Waals surface area contributed by atoms with E-state index >= 15 is 0 Å². The van der Waals surface area contributed by atoms with Crippen molar-refractivity contribution >= 4 is 17.3 Å². The minimum absolute atomic E-state index is 0.226. The number of hydrogen-bond donors (Lipinski definition) is 1. The van der Waals surface area contributed by atoms with E-state index in [0.29, 0.717) is 13.0 Å². The Bertz CT molecular complexity index is 323. The minimum atomic E-state index is -0.226. The quantitative estimate of drug-likeness (QED) is 0.748. The highest BCUT2D eigenvalue weighted by atomic mass is 32.1. The van der Waals surface area contributed by atoms with E-state index in [2.05, 4.69) is 9.72 Å². The molecule has 0 fully saturated rings. The molecule has 0 unspecified atom stereocenters. The average molecular weight is 214 g/mol. The van der Waals surface area contributed by atoms with Crippen molar-refractivity contribution in [3.05, 3.63) is 15.6 Å². The molecule has 0 bridgehead atoms. The maximum absolute atomic E-state index is 11.0. The second kappa shape index (κ2) is 5.07. The molecule has 0 aliphatic heterocycles. The number of aromatic nitrogens is 1. The van der Waals surface area contributed by atoms with Crippen molar-refractivity contribution < 1.29 is 9.53 Å². The highest BCUT2D eigenvalue weighted by molar-refractivity contribution is 7.11.